The predicted octanol–water partition coefficient (Wildman–Crippen LogP) is 9.65. The van der Waals surface area contributed by atoms with Crippen molar-refractivity contribution in [3.8, 4) is 45.0 Å². The molecule has 5 heteroatoms. The first-order valence-corrected chi connectivity index (χ1v) is 15.0. The summed E-state index contributed by atoms with van der Waals surface area (Å²) in [5, 5.41) is 3.23. The number of rotatable bonds is 4. The third-order valence-electron chi connectivity index (χ3n) is 8.42. The Morgan fingerprint density at radius 2 is 1.07 bits per heavy atom. The Morgan fingerprint density at radius 1 is 0.400 bits per heavy atom. The monoisotopic (exact) mass is 575 g/mol. The van der Waals surface area contributed by atoms with Crippen molar-refractivity contribution in [3.63, 3.8) is 0 Å². The van der Waals surface area contributed by atoms with Crippen molar-refractivity contribution in [2.45, 2.75) is 0 Å². The van der Waals surface area contributed by atoms with Gasteiger partial charge in [-0.3, -0.25) is 4.40 Å². The summed E-state index contributed by atoms with van der Waals surface area (Å²) in [5.41, 5.74) is 10.8. The highest BCUT2D eigenvalue weighted by molar-refractivity contribution is 6.09. The zero-order valence-corrected chi connectivity index (χ0v) is 24.2. The predicted molar refractivity (Wildman–Crippen MR) is 183 cm³/mol. The van der Waals surface area contributed by atoms with Crippen molar-refractivity contribution in [2.75, 3.05) is 0 Å². The quantitative estimate of drug-likeness (QED) is 0.210. The number of hydrogen-bond donors (Lipinski definition) is 0. The fourth-order valence-electron chi connectivity index (χ4n) is 6.23. The SMILES string of the molecule is c1ccc(-c2nc(-c3ccc(-c4cccc(-c5nc6c(nc7ccccn76)c6ccccc56)c4)cc3)nc3ccccc23)cc1. The van der Waals surface area contributed by atoms with Crippen molar-refractivity contribution in [1.82, 2.24) is 24.3 Å². The molecular weight excluding hydrogens is 550 g/mol. The summed E-state index contributed by atoms with van der Waals surface area (Å²) in [6.45, 7) is 0. The molecule has 0 spiro atoms. The second kappa shape index (κ2) is 10.2. The minimum Gasteiger partial charge on any atom is -0.284 e. The lowest BCUT2D eigenvalue weighted by molar-refractivity contribution is 1.19. The van der Waals surface area contributed by atoms with Crippen LogP contribution in [0.4, 0.5) is 0 Å². The van der Waals surface area contributed by atoms with E-state index in [2.05, 4.69) is 101 Å². The standard InChI is InChI=1S/C40H25N5/c1-2-11-27(12-3-1)36-33-17-6-7-18-34(33)41-39(43-36)28-22-20-26(21-23-28)29-13-10-14-30(25-29)37-31-15-4-5-16-32(31)38-40(44-37)45-24-9-8-19-35(45)42-38/h1-25H. The molecule has 0 atom stereocenters. The van der Waals surface area contributed by atoms with Gasteiger partial charge in [-0.1, -0.05) is 121 Å². The Labute approximate surface area is 259 Å². The maximum atomic E-state index is 5.19. The smallest absolute Gasteiger partial charge is 0.165 e. The first kappa shape index (κ1) is 25.3. The van der Waals surface area contributed by atoms with Gasteiger partial charge in [-0.25, -0.2) is 19.9 Å². The fourth-order valence-corrected chi connectivity index (χ4v) is 6.23. The Balaban J connectivity index is 1.13. The highest BCUT2D eigenvalue weighted by Gasteiger charge is 2.16. The van der Waals surface area contributed by atoms with Crippen LogP contribution in [0.2, 0.25) is 0 Å². The first-order chi connectivity index (χ1) is 22.3. The van der Waals surface area contributed by atoms with E-state index >= 15 is 0 Å². The number of fused-ring (bicyclic) bond motifs is 6. The molecule has 0 N–H and O–H groups in total. The summed E-state index contributed by atoms with van der Waals surface area (Å²) in [5.74, 6) is 0.713. The van der Waals surface area contributed by atoms with Crippen LogP contribution in [0.15, 0.2) is 152 Å². The Kier molecular flexibility index (Phi) is 5.74. The Morgan fingerprint density at radius 3 is 1.93 bits per heavy atom. The third kappa shape index (κ3) is 4.25. The highest BCUT2D eigenvalue weighted by Crippen LogP contribution is 2.35. The molecule has 0 aliphatic carbocycles. The normalized spacial score (nSPS) is 11.6. The largest absolute Gasteiger partial charge is 0.284 e. The summed E-state index contributed by atoms with van der Waals surface area (Å²) in [4.78, 5) is 20.1. The van der Waals surface area contributed by atoms with Crippen LogP contribution < -0.4 is 0 Å². The summed E-state index contributed by atoms with van der Waals surface area (Å²) >= 11 is 0. The number of para-hydroxylation sites is 1. The molecule has 0 unspecified atom stereocenters. The van der Waals surface area contributed by atoms with Crippen LogP contribution >= 0.6 is 0 Å². The zero-order valence-electron chi connectivity index (χ0n) is 24.2. The van der Waals surface area contributed by atoms with Gasteiger partial charge in [0.2, 0.25) is 0 Å². The van der Waals surface area contributed by atoms with Crippen LogP contribution in [0.5, 0.6) is 0 Å². The molecule has 0 aliphatic heterocycles. The first-order valence-electron chi connectivity index (χ1n) is 15.0. The van der Waals surface area contributed by atoms with Gasteiger partial charge < -0.3 is 0 Å². The second-order valence-electron chi connectivity index (χ2n) is 11.2. The van der Waals surface area contributed by atoms with E-state index in [1.807, 2.05) is 54.7 Å². The molecule has 9 aromatic rings. The molecule has 0 fully saturated rings. The number of aromatic nitrogens is 5. The highest BCUT2D eigenvalue weighted by atomic mass is 15.1. The molecular formula is C40H25N5. The molecule has 4 heterocycles. The van der Waals surface area contributed by atoms with Crippen LogP contribution in [-0.2, 0) is 0 Å². The van der Waals surface area contributed by atoms with Gasteiger partial charge in [-0.05, 0) is 35.4 Å². The molecule has 9 rings (SSSR count). The Hall–Kier alpha value is -6.20. The zero-order chi connectivity index (χ0) is 29.7. The molecule has 0 saturated heterocycles. The molecule has 0 aliphatic rings. The molecule has 4 aromatic heterocycles. The minimum absolute atomic E-state index is 0.713. The van der Waals surface area contributed by atoms with Gasteiger partial charge in [0, 0.05) is 39.0 Å². The average molecular weight is 576 g/mol. The molecule has 0 bridgehead atoms. The van der Waals surface area contributed by atoms with Gasteiger partial charge in [0.1, 0.15) is 11.2 Å². The van der Waals surface area contributed by atoms with Crippen LogP contribution in [0.3, 0.4) is 0 Å². The van der Waals surface area contributed by atoms with Crippen LogP contribution in [0, 0.1) is 0 Å². The van der Waals surface area contributed by atoms with Crippen molar-refractivity contribution >= 4 is 38.5 Å². The lowest BCUT2D eigenvalue weighted by atomic mass is 9.98. The van der Waals surface area contributed by atoms with Crippen molar-refractivity contribution in [2.24, 2.45) is 0 Å². The van der Waals surface area contributed by atoms with Gasteiger partial charge in [0.15, 0.2) is 11.5 Å². The van der Waals surface area contributed by atoms with Crippen LogP contribution in [0.1, 0.15) is 0 Å². The fraction of sp³-hybridized carbons (Fsp3) is 0. The van der Waals surface area contributed by atoms with Crippen molar-refractivity contribution < 1.29 is 0 Å². The van der Waals surface area contributed by atoms with E-state index in [-0.39, 0.29) is 0 Å². The van der Waals surface area contributed by atoms with Gasteiger partial charge >= 0.3 is 0 Å². The van der Waals surface area contributed by atoms with Gasteiger partial charge in [-0.15, -0.1) is 0 Å². The van der Waals surface area contributed by atoms with Gasteiger partial charge in [0.25, 0.3) is 0 Å². The Bertz CT molecular complexity index is 2530. The topological polar surface area (TPSA) is 56.0 Å². The average Bonchev–Trinajstić information content (AvgIpc) is 3.50. The maximum absolute atomic E-state index is 5.19. The second-order valence-corrected chi connectivity index (χ2v) is 11.2. The number of imidazole rings is 1. The molecule has 0 saturated carbocycles. The summed E-state index contributed by atoms with van der Waals surface area (Å²) in [6, 6.07) is 50.1. The van der Waals surface area contributed by atoms with Crippen molar-refractivity contribution in [3.05, 3.63) is 152 Å². The lowest BCUT2D eigenvalue weighted by Crippen LogP contribution is -1.95. The summed E-state index contributed by atoms with van der Waals surface area (Å²) in [7, 11) is 0. The molecule has 210 valence electrons. The van der Waals surface area contributed by atoms with E-state index in [4.69, 9.17) is 19.9 Å². The molecule has 0 amide bonds. The van der Waals surface area contributed by atoms with E-state index in [0.29, 0.717) is 5.82 Å². The van der Waals surface area contributed by atoms with Crippen LogP contribution in [-0.4, -0.2) is 24.3 Å². The molecule has 5 nitrogen and oxygen atoms in total. The summed E-state index contributed by atoms with van der Waals surface area (Å²) in [6.07, 6.45) is 2.02. The summed E-state index contributed by atoms with van der Waals surface area (Å²) < 4.78 is 2.06. The van der Waals surface area contributed by atoms with Gasteiger partial charge in [-0.2, -0.15) is 0 Å². The van der Waals surface area contributed by atoms with E-state index < -0.39 is 0 Å². The minimum atomic E-state index is 0.713. The van der Waals surface area contributed by atoms with Crippen LogP contribution in [0.25, 0.3) is 83.5 Å². The lowest BCUT2D eigenvalue weighted by Gasteiger charge is -2.11. The van der Waals surface area contributed by atoms with Gasteiger partial charge in [0.05, 0.1) is 16.9 Å². The number of nitrogens with zero attached hydrogens (tertiary/aromatic N) is 5. The number of benzene rings is 5. The van der Waals surface area contributed by atoms with E-state index in [1.54, 1.807) is 0 Å². The van der Waals surface area contributed by atoms with E-state index in [1.165, 1.54) is 0 Å². The molecule has 45 heavy (non-hydrogen) atoms. The van der Waals surface area contributed by atoms with E-state index in [9.17, 15) is 0 Å². The molecule has 0 radical (unpaired) electrons. The van der Waals surface area contributed by atoms with Crippen molar-refractivity contribution in [1.29, 1.82) is 0 Å². The third-order valence-corrected chi connectivity index (χ3v) is 8.42. The van der Waals surface area contributed by atoms with E-state index in [0.717, 1.165) is 77.7 Å². The maximum Gasteiger partial charge on any atom is 0.165 e. The number of hydrogen-bond acceptors (Lipinski definition) is 4. The number of pyridine rings is 2. The molecule has 5 aromatic carbocycles.